The fourth-order valence-corrected chi connectivity index (χ4v) is 3.06. The van der Waals surface area contributed by atoms with Gasteiger partial charge >= 0.3 is 5.97 Å². The summed E-state index contributed by atoms with van der Waals surface area (Å²) < 4.78 is 17.5. The van der Waals surface area contributed by atoms with Crippen LogP contribution in [-0.4, -0.2) is 42.7 Å². The Hall–Kier alpha value is -3.89. The summed E-state index contributed by atoms with van der Waals surface area (Å²) in [5.74, 6) is -0.0873. The van der Waals surface area contributed by atoms with E-state index in [1.807, 2.05) is 60.7 Å². The van der Waals surface area contributed by atoms with Crippen LogP contribution >= 0.6 is 0 Å². The maximum Gasteiger partial charge on any atom is 0.349 e. The van der Waals surface area contributed by atoms with Crippen LogP contribution in [0.4, 0.5) is 0 Å². The van der Waals surface area contributed by atoms with Gasteiger partial charge in [-0.25, -0.2) is 9.48 Å². The first kappa shape index (κ1) is 21.8. The van der Waals surface area contributed by atoms with E-state index in [9.17, 15) is 10.1 Å². The summed E-state index contributed by atoms with van der Waals surface area (Å²) in [6.07, 6.45) is 2.77. The molecule has 1 heterocycles. The van der Waals surface area contributed by atoms with Crippen molar-refractivity contribution in [3.8, 4) is 28.8 Å². The Balaban J connectivity index is 2.09. The molecule has 0 bridgehead atoms. The average Bonchev–Trinajstić information content (AvgIpc) is 3.21. The Morgan fingerprint density at radius 2 is 1.87 bits per heavy atom. The van der Waals surface area contributed by atoms with Crippen molar-refractivity contribution < 1.29 is 19.0 Å². The van der Waals surface area contributed by atoms with Gasteiger partial charge in [-0.2, -0.15) is 10.4 Å². The molecule has 0 saturated carbocycles. The van der Waals surface area contributed by atoms with Crippen LogP contribution in [0.3, 0.4) is 0 Å². The van der Waals surface area contributed by atoms with E-state index in [0.717, 1.165) is 11.3 Å². The van der Waals surface area contributed by atoms with E-state index >= 15 is 0 Å². The summed E-state index contributed by atoms with van der Waals surface area (Å²) in [7, 11) is 3.10. The minimum atomic E-state index is -0.717. The molecule has 3 aromatic rings. The molecule has 0 saturated heterocycles. The number of methoxy groups -OCH3 is 2. The Bertz CT molecular complexity index is 1110. The summed E-state index contributed by atoms with van der Waals surface area (Å²) in [6.45, 7) is 1.94. The molecule has 1 atom stereocenters. The standard InChI is InChI=1S/C24H23N3O4/c1-17(16-29-2)31-24(28)18(14-25)13-19-15-27(20-9-5-4-6-10-20)26-23(19)21-11-7-8-12-22(21)30-3/h4-13,15,17H,16H2,1-3H3/b18-13+/t17-/m1/s1. The molecule has 1 aromatic heterocycles. The topological polar surface area (TPSA) is 86.4 Å². The molecule has 0 amide bonds. The molecule has 0 unspecified atom stereocenters. The fourth-order valence-electron chi connectivity index (χ4n) is 3.06. The van der Waals surface area contributed by atoms with Gasteiger partial charge < -0.3 is 14.2 Å². The number of rotatable bonds is 8. The maximum absolute atomic E-state index is 12.5. The molecule has 0 radical (unpaired) electrons. The van der Waals surface area contributed by atoms with Crippen molar-refractivity contribution in [2.45, 2.75) is 13.0 Å². The number of benzene rings is 2. The van der Waals surface area contributed by atoms with Gasteiger partial charge in [0.2, 0.25) is 0 Å². The highest BCUT2D eigenvalue weighted by molar-refractivity contribution is 5.99. The van der Waals surface area contributed by atoms with Crippen LogP contribution in [0.1, 0.15) is 12.5 Å². The molecular formula is C24H23N3O4. The summed E-state index contributed by atoms with van der Waals surface area (Å²) in [5.41, 5.74) is 2.61. The monoisotopic (exact) mass is 417 g/mol. The van der Waals surface area contributed by atoms with Crippen LogP contribution in [0.25, 0.3) is 23.0 Å². The Labute approximate surface area is 181 Å². The zero-order valence-electron chi connectivity index (χ0n) is 17.6. The summed E-state index contributed by atoms with van der Waals surface area (Å²) in [6, 6.07) is 18.9. The first-order valence-corrected chi connectivity index (χ1v) is 9.67. The SMILES string of the molecule is COC[C@@H](C)OC(=O)/C(C#N)=C/c1cn(-c2ccccc2)nc1-c1ccccc1OC. The lowest BCUT2D eigenvalue weighted by Gasteiger charge is -2.11. The highest BCUT2D eigenvalue weighted by Gasteiger charge is 2.19. The zero-order valence-corrected chi connectivity index (χ0v) is 17.6. The quantitative estimate of drug-likeness (QED) is 0.312. The number of para-hydroxylation sites is 2. The number of hydrogen-bond donors (Lipinski definition) is 0. The van der Waals surface area contributed by atoms with E-state index in [2.05, 4.69) is 0 Å². The van der Waals surface area contributed by atoms with Crippen LogP contribution in [0, 0.1) is 11.3 Å². The Morgan fingerprint density at radius 3 is 2.55 bits per heavy atom. The molecule has 158 valence electrons. The lowest BCUT2D eigenvalue weighted by molar-refractivity contribution is -0.145. The second-order valence-corrected chi connectivity index (χ2v) is 6.75. The molecule has 0 fully saturated rings. The minimum absolute atomic E-state index is 0.133. The van der Waals surface area contributed by atoms with Crippen LogP contribution in [0.5, 0.6) is 5.75 Å². The lowest BCUT2D eigenvalue weighted by Crippen LogP contribution is -2.20. The number of carbonyl (C=O) groups is 1. The van der Waals surface area contributed by atoms with Gasteiger partial charge in [0, 0.05) is 24.4 Å². The van der Waals surface area contributed by atoms with E-state index in [1.54, 1.807) is 24.9 Å². The molecular weight excluding hydrogens is 394 g/mol. The van der Waals surface area contributed by atoms with Gasteiger partial charge in [-0.1, -0.05) is 30.3 Å². The highest BCUT2D eigenvalue weighted by Crippen LogP contribution is 2.32. The zero-order chi connectivity index (χ0) is 22.2. The van der Waals surface area contributed by atoms with E-state index in [1.165, 1.54) is 13.2 Å². The third-order valence-corrected chi connectivity index (χ3v) is 4.48. The van der Waals surface area contributed by atoms with Gasteiger partial charge in [0.25, 0.3) is 0 Å². The van der Waals surface area contributed by atoms with Crippen molar-refractivity contribution in [1.82, 2.24) is 9.78 Å². The first-order chi connectivity index (χ1) is 15.1. The number of aromatic nitrogens is 2. The highest BCUT2D eigenvalue weighted by atomic mass is 16.6. The second-order valence-electron chi connectivity index (χ2n) is 6.75. The molecule has 0 aliphatic heterocycles. The van der Waals surface area contributed by atoms with Crippen LogP contribution in [-0.2, 0) is 14.3 Å². The molecule has 0 N–H and O–H groups in total. The number of nitriles is 1. The molecule has 7 nitrogen and oxygen atoms in total. The van der Waals surface area contributed by atoms with E-state index < -0.39 is 12.1 Å². The van der Waals surface area contributed by atoms with Crippen molar-refractivity contribution in [2.75, 3.05) is 20.8 Å². The molecule has 2 aromatic carbocycles. The normalized spacial score (nSPS) is 12.1. The Morgan fingerprint density at radius 1 is 1.16 bits per heavy atom. The first-order valence-electron chi connectivity index (χ1n) is 9.67. The molecule has 0 aliphatic carbocycles. The number of carbonyl (C=O) groups excluding carboxylic acids is 1. The smallest absolute Gasteiger partial charge is 0.349 e. The number of ether oxygens (including phenoxy) is 3. The molecule has 31 heavy (non-hydrogen) atoms. The Kier molecular flexibility index (Phi) is 7.20. The molecule has 0 aliphatic rings. The minimum Gasteiger partial charge on any atom is -0.496 e. The van der Waals surface area contributed by atoms with Gasteiger partial charge in [0.05, 0.1) is 19.4 Å². The summed E-state index contributed by atoms with van der Waals surface area (Å²) in [4.78, 5) is 12.5. The van der Waals surface area contributed by atoms with Gasteiger partial charge in [-0.3, -0.25) is 0 Å². The van der Waals surface area contributed by atoms with E-state index in [0.29, 0.717) is 17.0 Å². The summed E-state index contributed by atoms with van der Waals surface area (Å²) in [5, 5.41) is 14.3. The van der Waals surface area contributed by atoms with Crippen molar-refractivity contribution in [3.63, 3.8) is 0 Å². The fraction of sp³-hybridized carbons (Fsp3) is 0.208. The average molecular weight is 417 g/mol. The van der Waals surface area contributed by atoms with Gasteiger partial charge in [0.15, 0.2) is 0 Å². The van der Waals surface area contributed by atoms with E-state index in [-0.39, 0.29) is 12.2 Å². The van der Waals surface area contributed by atoms with Crippen molar-refractivity contribution in [2.24, 2.45) is 0 Å². The predicted octanol–water partition coefficient (Wildman–Crippen LogP) is 4.03. The number of hydrogen-bond acceptors (Lipinski definition) is 6. The molecule has 3 rings (SSSR count). The molecule has 0 spiro atoms. The second kappa shape index (κ2) is 10.2. The van der Waals surface area contributed by atoms with Crippen molar-refractivity contribution in [1.29, 1.82) is 5.26 Å². The van der Waals surface area contributed by atoms with E-state index in [4.69, 9.17) is 19.3 Å². The van der Waals surface area contributed by atoms with Gasteiger partial charge in [-0.05, 0) is 37.3 Å². The van der Waals surface area contributed by atoms with Gasteiger partial charge in [0.1, 0.15) is 29.2 Å². The third kappa shape index (κ3) is 5.18. The lowest BCUT2D eigenvalue weighted by atomic mass is 10.1. The van der Waals surface area contributed by atoms with Crippen LogP contribution in [0.2, 0.25) is 0 Å². The van der Waals surface area contributed by atoms with Crippen molar-refractivity contribution >= 4 is 12.0 Å². The van der Waals surface area contributed by atoms with Gasteiger partial charge in [-0.15, -0.1) is 0 Å². The summed E-state index contributed by atoms with van der Waals surface area (Å²) >= 11 is 0. The van der Waals surface area contributed by atoms with Crippen LogP contribution in [0.15, 0.2) is 66.4 Å². The predicted molar refractivity (Wildman–Crippen MR) is 117 cm³/mol. The molecule has 7 heteroatoms. The third-order valence-electron chi connectivity index (χ3n) is 4.48. The van der Waals surface area contributed by atoms with Crippen LogP contribution < -0.4 is 4.74 Å². The number of esters is 1. The number of nitrogens with zero attached hydrogens (tertiary/aromatic N) is 3. The largest absolute Gasteiger partial charge is 0.496 e. The van der Waals surface area contributed by atoms with Crippen molar-refractivity contribution in [3.05, 3.63) is 71.9 Å². The maximum atomic E-state index is 12.5.